The molecule has 0 aromatic heterocycles. The third-order valence-electron chi connectivity index (χ3n) is 3.49. The van der Waals surface area contributed by atoms with E-state index in [0.717, 1.165) is 34.6 Å². The predicted octanol–water partition coefficient (Wildman–Crippen LogP) is 3.52. The molecular formula is C17H18BrNO3. The fourth-order valence-corrected chi connectivity index (χ4v) is 2.84. The monoisotopic (exact) mass is 363 g/mol. The van der Waals surface area contributed by atoms with Gasteiger partial charge in [-0.3, -0.25) is 0 Å². The van der Waals surface area contributed by atoms with Gasteiger partial charge in [0.2, 0.25) is 5.75 Å². The summed E-state index contributed by atoms with van der Waals surface area (Å²) in [5.41, 5.74) is 2.33. The van der Waals surface area contributed by atoms with E-state index in [4.69, 9.17) is 14.2 Å². The molecule has 2 aromatic carbocycles. The summed E-state index contributed by atoms with van der Waals surface area (Å²) in [7, 11) is 1.64. The van der Waals surface area contributed by atoms with Gasteiger partial charge in [0, 0.05) is 17.6 Å². The van der Waals surface area contributed by atoms with Gasteiger partial charge < -0.3 is 19.5 Å². The van der Waals surface area contributed by atoms with Gasteiger partial charge >= 0.3 is 0 Å². The molecular weight excluding hydrogens is 346 g/mol. The maximum Gasteiger partial charge on any atom is 0.203 e. The van der Waals surface area contributed by atoms with Crippen molar-refractivity contribution in [1.29, 1.82) is 0 Å². The number of ether oxygens (including phenoxy) is 3. The van der Waals surface area contributed by atoms with E-state index >= 15 is 0 Å². The number of hydrogen-bond acceptors (Lipinski definition) is 4. The van der Waals surface area contributed by atoms with Crippen LogP contribution in [0.4, 0.5) is 0 Å². The average molecular weight is 364 g/mol. The number of rotatable bonds is 5. The van der Waals surface area contributed by atoms with Crippen LogP contribution in [-0.2, 0) is 13.1 Å². The lowest BCUT2D eigenvalue weighted by molar-refractivity contribution is 0.165. The maximum atomic E-state index is 5.65. The SMILES string of the molecule is COc1cc(CNCc2ccccc2Br)cc2c1OCCO2. The van der Waals surface area contributed by atoms with Crippen molar-refractivity contribution < 1.29 is 14.2 Å². The van der Waals surface area contributed by atoms with Gasteiger partial charge in [-0.25, -0.2) is 0 Å². The zero-order valence-corrected chi connectivity index (χ0v) is 14.0. The van der Waals surface area contributed by atoms with E-state index in [1.807, 2.05) is 30.3 Å². The minimum atomic E-state index is 0.559. The van der Waals surface area contributed by atoms with E-state index in [9.17, 15) is 0 Å². The Morgan fingerprint density at radius 1 is 1.14 bits per heavy atom. The maximum absolute atomic E-state index is 5.65. The average Bonchev–Trinajstić information content (AvgIpc) is 2.56. The molecule has 0 spiro atoms. The number of hydrogen-bond donors (Lipinski definition) is 1. The summed E-state index contributed by atoms with van der Waals surface area (Å²) in [4.78, 5) is 0. The first-order chi connectivity index (χ1) is 10.8. The fourth-order valence-electron chi connectivity index (χ4n) is 2.41. The van der Waals surface area contributed by atoms with Gasteiger partial charge in [0.15, 0.2) is 11.5 Å². The molecule has 0 atom stereocenters. The number of fused-ring (bicyclic) bond motifs is 1. The van der Waals surface area contributed by atoms with E-state index in [1.54, 1.807) is 7.11 Å². The minimum Gasteiger partial charge on any atom is -0.493 e. The van der Waals surface area contributed by atoms with Crippen molar-refractivity contribution in [2.45, 2.75) is 13.1 Å². The molecule has 0 saturated carbocycles. The van der Waals surface area contributed by atoms with Gasteiger partial charge in [-0.15, -0.1) is 0 Å². The zero-order chi connectivity index (χ0) is 15.4. The Bertz CT molecular complexity index is 643. The van der Waals surface area contributed by atoms with Crippen molar-refractivity contribution in [3.8, 4) is 17.2 Å². The van der Waals surface area contributed by atoms with E-state index in [1.165, 1.54) is 5.56 Å². The van der Waals surface area contributed by atoms with Gasteiger partial charge in [-0.2, -0.15) is 0 Å². The Labute approximate surface area is 138 Å². The van der Waals surface area contributed by atoms with Crippen molar-refractivity contribution >= 4 is 15.9 Å². The first kappa shape index (κ1) is 15.2. The molecule has 0 unspecified atom stereocenters. The van der Waals surface area contributed by atoms with Gasteiger partial charge in [-0.05, 0) is 29.3 Å². The molecule has 0 amide bonds. The van der Waals surface area contributed by atoms with Crippen molar-refractivity contribution in [3.05, 3.63) is 52.0 Å². The highest BCUT2D eigenvalue weighted by molar-refractivity contribution is 9.10. The first-order valence-corrected chi connectivity index (χ1v) is 7.98. The van der Waals surface area contributed by atoms with E-state index < -0.39 is 0 Å². The highest BCUT2D eigenvalue weighted by atomic mass is 79.9. The van der Waals surface area contributed by atoms with Crippen LogP contribution < -0.4 is 19.5 Å². The second-order valence-corrected chi connectivity index (χ2v) is 5.87. The van der Waals surface area contributed by atoms with Crippen molar-refractivity contribution in [2.24, 2.45) is 0 Å². The molecule has 0 fully saturated rings. The molecule has 4 nitrogen and oxygen atoms in total. The summed E-state index contributed by atoms with van der Waals surface area (Å²) in [5, 5.41) is 3.43. The topological polar surface area (TPSA) is 39.7 Å². The Balaban J connectivity index is 1.69. The molecule has 1 heterocycles. The fraction of sp³-hybridized carbons (Fsp3) is 0.294. The van der Waals surface area contributed by atoms with Gasteiger partial charge in [0.05, 0.1) is 7.11 Å². The molecule has 116 valence electrons. The molecule has 0 radical (unpaired) electrons. The molecule has 1 aliphatic heterocycles. The molecule has 1 N–H and O–H groups in total. The third kappa shape index (κ3) is 3.36. The van der Waals surface area contributed by atoms with E-state index in [2.05, 4.69) is 27.3 Å². The molecule has 0 bridgehead atoms. The number of nitrogens with one attached hydrogen (secondary N) is 1. The van der Waals surface area contributed by atoms with Crippen LogP contribution in [0.2, 0.25) is 0 Å². The summed E-state index contributed by atoms with van der Waals surface area (Å²) in [5.74, 6) is 2.17. The molecule has 0 saturated heterocycles. The lowest BCUT2D eigenvalue weighted by atomic mass is 10.1. The summed E-state index contributed by atoms with van der Waals surface area (Å²) in [6, 6.07) is 12.2. The predicted molar refractivity (Wildman–Crippen MR) is 88.7 cm³/mol. The molecule has 5 heteroatoms. The van der Waals surface area contributed by atoms with E-state index in [0.29, 0.717) is 19.0 Å². The lowest BCUT2D eigenvalue weighted by Crippen LogP contribution is -2.17. The minimum absolute atomic E-state index is 0.559. The van der Waals surface area contributed by atoms with Gasteiger partial charge in [0.1, 0.15) is 13.2 Å². The summed E-state index contributed by atoms with van der Waals surface area (Å²) >= 11 is 3.56. The number of halogens is 1. The Morgan fingerprint density at radius 2 is 1.95 bits per heavy atom. The molecule has 3 rings (SSSR count). The third-order valence-corrected chi connectivity index (χ3v) is 4.26. The van der Waals surface area contributed by atoms with Crippen molar-refractivity contribution in [2.75, 3.05) is 20.3 Å². The molecule has 22 heavy (non-hydrogen) atoms. The van der Waals surface area contributed by atoms with Crippen LogP contribution in [0.5, 0.6) is 17.2 Å². The quantitative estimate of drug-likeness (QED) is 0.881. The smallest absolute Gasteiger partial charge is 0.203 e. The van der Waals surface area contributed by atoms with Gasteiger partial charge in [-0.1, -0.05) is 34.1 Å². The van der Waals surface area contributed by atoms with Crippen LogP contribution in [0.15, 0.2) is 40.9 Å². The molecule has 0 aliphatic carbocycles. The van der Waals surface area contributed by atoms with Gasteiger partial charge in [0.25, 0.3) is 0 Å². The summed E-state index contributed by atoms with van der Waals surface area (Å²) in [6.07, 6.45) is 0. The molecule has 2 aromatic rings. The normalized spacial score (nSPS) is 13.0. The Hall–Kier alpha value is -1.72. The van der Waals surface area contributed by atoms with Crippen LogP contribution in [0.3, 0.4) is 0 Å². The Kier molecular flexibility index (Phi) is 4.85. The van der Waals surface area contributed by atoms with E-state index in [-0.39, 0.29) is 0 Å². The first-order valence-electron chi connectivity index (χ1n) is 7.18. The largest absolute Gasteiger partial charge is 0.493 e. The highest BCUT2D eigenvalue weighted by Gasteiger charge is 2.18. The second kappa shape index (κ2) is 7.03. The number of methoxy groups -OCH3 is 1. The van der Waals surface area contributed by atoms with Crippen molar-refractivity contribution in [1.82, 2.24) is 5.32 Å². The second-order valence-electron chi connectivity index (χ2n) is 5.02. The lowest BCUT2D eigenvalue weighted by Gasteiger charge is -2.21. The van der Waals surface area contributed by atoms with Crippen LogP contribution in [0.25, 0.3) is 0 Å². The molecule has 1 aliphatic rings. The van der Waals surface area contributed by atoms with Crippen LogP contribution in [-0.4, -0.2) is 20.3 Å². The zero-order valence-electron chi connectivity index (χ0n) is 12.4. The summed E-state index contributed by atoms with van der Waals surface area (Å²) in [6.45, 7) is 2.65. The standard InChI is InChI=1S/C17H18BrNO3/c1-20-15-8-12(9-16-17(15)22-7-6-21-16)10-19-11-13-4-2-3-5-14(13)18/h2-5,8-9,19H,6-7,10-11H2,1H3. The highest BCUT2D eigenvalue weighted by Crippen LogP contribution is 2.40. The van der Waals surface area contributed by atoms with Crippen LogP contribution in [0.1, 0.15) is 11.1 Å². The van der Waals surface area contributed by atoms with Crippen LogP contribution >= 0.6 is 15.9 Å². The number of benzene rings is 2. The Morgan fingerprint density at radius 3 is 2.77 bits per heavy atom. The van der Waals surface area contributed by atoms with Crippen molar-refractivity contribution in [3.63, 3.8) is 0 Å². The summed E-state index contributed by atoms with van der Waals surface area (Å²) < 4.78 is 17.8. The van der Waals surface area contributed by atoms with Crippen LogP contribution in [0, 0.1) is 0 Å².